The van der Waals surface area contributed by atoms with E-state index < -0.39 is 0 Å². The summed E-state index contributed by atoms with van der Waals surface area (Å²) in [6.07, 6.45) is 0. The Morgan fingerprint density at radius 1 is 1.24 bits per heavy atom. The van der Waals surface area contributed by atoms with Gasteiger partial charge in [0.15, 0.2) is 16.7 Å². The number of imidazole rings is 1. The van der Waals surface area contributed by atoms with Gasteiger partial charge in [0.1, 0.15) is 0 Å². The van der Waals surface area contributed by atoms with Crippen molar-refractivity contribution in [1.82, 2.24) is 9.55 Å². The molecule has 0 radical (unpaired) electrons. The summed E-state index contributed by atoms with van der Waals surface area (Å²) in [7, 11) is 1.96. The maximum Gasteiger partial charge on any atom is 0.237 e. The Hall–Kier alpha value is -2.67. The van der Waals surface area contributed by atoms with E-state index in [9.17, 15) is 4.79 Å². The zero-order valence-electron chi connectivity index (χ0n) is 13.9. The first-order chi connectivity index (χ1) is 12.1. The molecule has 0 unspecified atom stereocenters. The van der Waals surface area contributed by atoms with E-state index >= 15 is 0 Å². The molecule has 1 aliphatic rings. The molecule has 25 heavy (non-hydrogen) atoms. The van der Waals surface area contributed by atoms with Crippen LogP contribution in [0.3, 0.4) is 0 Å². The average molecular weight is 355 g/mol. The minimum atomic E-state index is -0.291. The summed E-state index contributed by atoms with van der Waals surface area (Å²) in [4.78, 5) is 17.1. The molecule has 0 aliphatic carbocycles. The second kappa shape index (κ2) is 6.33. The van der Waals surface area contributed by atoms with Gasteiger partial charge >= 0.3 is 0 Å². The number of ether oxygens (including phenoxy) is 2. The third-order valence-electron chi connectivity index (χ3n) is 4.04. The number of carbonyl (C=O) groups is 1. The maximum absolute atomic E-state index is 12.5. The second-order valence-electron chi connectivity index (χ2n) is 5.76. The van der Waals surface area contributed by atoms with Gasteiger partial charge in [0.2, 0.25) is 12.7 Å². The minimum absolute atomic E-state index is 0.0871. The Labute approximate surface area is 149 Å². The molecule has 0 saturated carbocycles. The van der Waals surface area contributed by atoms with Crippen LogP contribution in [0, 0.1) is 0 Å². The van der Waals surface area contributed by atoms with Crippen LogP contribution in [-0.2, 0) is 11.8 Å². The normalized spacial score (nSPS) is 13.8. The number of hydrogen-bond acceptors (Lipinski definition) is 5. The van der Waals surface area contributed by atoms with E-state index in [1.807, 2.05) is 42.8 Å². The molecular weight excluding hydrogens is 338 g/mol. The summed E-state index contributed by atoms with van der Waals surface area (Å²) >= 11 is 1.43. The van der Waals surface area contributed by atoms with Crippen LogP contribution < -0.4 is 14.8 Å². The van der Waals surface area contributed by atoms with Gasteiger partial charge in [0.25, 0.3) is 0 Å². The molecular formula is C18H17N3O3S. The number of nitrogens with one attached hydrogen (secondary N) is 1. The topological polar surface area (TPSA) is 65.4 Å². The van der Waals surface area contributed by atoms with Crippen LogP contribution in [0.25, 0.3) is 11.0 Å². The summed E-state index contributed by atoms with van der Waals surface area (Å²) < 4.78 is 12.6. The molecule has 1 atom stereocenters. The fourth-order valence-corrected chi connectivity index (χ4v) is 3.55. The van der Waals surface area contributed by atoms with Crippen LogP contribution in [0.4, 0.5) is 5.69 Å². The van der Waals surface area contributed by atoms with Crippen LogP contribution in [0.15, 0.2) is 47.6 Å². The quantitative estimate of drug-likeness (QED) is 0.727. The van der Waals surface area contributed by atoms with Crippen molar-refractivity contribution in [3.05, 3.63) is 42.5 Å². The third kappa shape index (κ3) is 3.02. The molecule has 128 valence electrons. The molecule has 0 fully saturated rings. The van der Waals surface area contributed by atoms with E-state index in [0.29, 0.717) is 17.2 Å². The monoisotopic (exact) mass is 355 g/mol. The highest BCUT2D eigenvalue weighted by atomic mass is 32.2. The van der Waals surface area contributed by atoms with Gasteiger partial charge in [-0.3, -0.25) is 4.79 Å². The fourth-order valence-electron chi connectivity index (χ4n) is 2.66. The first kappa shape index (κ1) is 15.8. The first-order valence-electron chi connectivity index (χ1n) is 7.90. The molecule has 1 aromatic heterocycles. The SMILES string of the molecule is C[C@H](Sc1nc2ccccc2n1C)C(=O)Nc1ccc2c(c1)OCO2. The van der Waals surface area contributed by atoms with E-state index in [4.69, 9.17) is 9.47 Å². The predicted molar refractivity (Wildman–Crippen MR) is 97.2 cm³/mol. The number of rotatable bonds is 4. The van der Waals surface area contributed by atoms with Gasteiger partial charge < -0.3 is 19.4 Å². The zero-order valence-corrected chi connectivity index (χ0v) is 14.7. The number of carbonyl (C=O) groups excluding carboxylic acids is 1. The van der Waals surface area contributed by atoms with E-state index in [2.05, 4.69) is 10.3 Å². The van der Waals surface area contributed by atoms with E-state index in [0.717, 1.165) is 16.2 Å². The summed E-state index contributed by atoms with van der Waals surface area (Å²) in [5, 5.41) is 3.44. The molecule has 2 heterocycles. The Morgan fingerprint density at radius 3 is 2.88 bits per heavy atom. The van der Waals surface area contributed by atoms with Gasteiger partial charge in [-0.25, -0.2) is 4.98 Å². The van der Waals surface area contributed by atoms with Crippen molar-refractivity contribution in [1.29, 1.82) is 0 Å². The van der Waals surface area contributed by atoms with Crippen molar-refractivity contribution in [2.45, 2.75) is 17.3 Å². The van der Waals surface area contributed by atoms with Crippen molar-refractivity contribution >= 4 is 34.4 Å². The summed E-state index contributed by atoms with van der Waals surface area (Å²) in [6.45, 7) is 2.08. The van der Waals surface area contributed by atoms with Gasteiger partial charge in [-0.2, -0.15) is 0 Å². The number of hydrogen-bond donors (Lipinski definition) is 1. The Balaban J connectivity index is 1.47. The number of para-hydroxylation sites is 2. The molecule has 0 spiro atoms. The van der Waals surface area contributed by atoms with Crippen LogP contribution in [0.2, 0.25) is 0 Å². The Kier molecular flexibility index (Phi) is 4.01. The van der Waals surface area contributed by atoms with Gasteiger partial charge in [0.05, 0.1) is 16.3 Å². The van der Waals surface area contributed by atoms with Crippen molar-refractivity contribution in [2.24, 2.45) is 7.05 Å². The molecule has 3 aromatic rings. The fraction of sp³-hybridized carbons (Fsp3) is 0.222. The lowest BCUT2D eigenvalue weighted by atomic mass is 10.2. The van der Waals surface area contributed by atoms with E-state index in [1.165, 1.54) is 11.8 Å². The van der Waals surface area contributed by atoms with Crippen LogP contribution >= 0.6 is 11.8 Å². The highest BCUT2D eigenvalue weighted by molar-refractivity contribution is 8.00. The van der Waals surface area contributed by atoms with E-state index in [1.54, 1.807) is 18.2 Å². The van der Waals surface area contributed by atoms with Gasteiger partial charge in [0, 0.05) is 18.8 Å². The van der Waals surface area contributed by atoms with Crippen LogP contribution in [0.5, 0.6) is 11.5 Å². The van der Waals surface area contributed by atoms with Crippen molar-refractivity contribution < 1.29 is 14.3 Å². The lowest BCUT2D eigenvalue weighted by Gasteiger charge is -2.12. The smallest absolute Gasteiger partial charge is 0.237 e. The van der Waals surface area contributed by atoms with Crippen molar-refractivity contribution in [3.63, 3.8) is 0 Å². The largest absolute Gasteiger partial charge is 0.454 e. The average Bonchev–Trinajstić information content (AvgIpc) is 3.20. The summed E-state index contributed by atoms with van der Waals surface area (Å²) in [6, 6.07) is 13.3. The molecule has 0 saturated heterocycles. The van der Waals surface area contributed by atoms with Gasteiger partial charge in [-0.15, -0.1) is 0 Å². The number of nitrogens with zero attached hydrogens (tertiary/aromatic N) is 2. The molecule has 4 rings (SSSR count). The molecule has 1 aliphatic heterocycles. The minimum Gasteiger partial charge on any atom is -0.454 e. The van der Waals surface area contributed by atoms with E-state index in [-0.39, 0.29) is 18.0 Å². The molecule has 7 heteroatoms. The number of benzene rings is 2. The highest BCUT2D eigenvalue weighted by Crippen LogP contribution is 2.34. The molecule has 6 nitrogen and oxygen atoms in total. The maximum atomic E-state index is 12.5. The number of anilines is 1. The third-order valence-corrected chi connectivity index (χ3v) is 5.18. The predicted octanol–water partition coefficient (Wildman–Crippen LogP) is 3.42. The second-order valence-corrected chi connectivity index (χ2v) is 7.07. The molecule has 1 N–H and O–H groups in total. The van der Waals surface area contributed by atoms with Crippen LogP contribution in [0.1, 0.15) is 6.92 Å². The highest BCUT2D eigenvalue weighted by Gasteiger charge is 2.20. The number of aromatic nitrogens is 2. The number of thioether (sulfide) groups is 1. The van der Waals surface area contributed by atoms with Crippen molar-refractivity contribution in [2.75, 3.05) is 12.1 Å². The first-order valence-corrected chi connectivity index (χ1v) is 8.78. The molecule has 2 aromatic carbocycles. The van der Waals surface area contributed by atoms with Crippen LogP contribution in [-0.4, -0.2) is 27.5 Å². The lowest BCUT2D eigenvalue weighted by Crippen LogP contribution is -2.22. The molecule has 1 amide bonds. The summed E-state index contributed by atoms with van der Waals surface area (Å²) in [5.41, 5.74) is 2.66. The lowest BCUT2D eigenvalue weighted by molar-refractivity contribution is -0.115. The standard InChI is InChI=1S/C18H17N3O3S/c1-11(25-18-20-13-5-3-4-6-14(13)21(18)2)17(22)19-12-7-8-15-16(9-12)24-10-23-15/h3-9,11H,10H2,1-2H3,(H,19,22)/t11-/m0/s1. The Bertz CT molecular complexity index is 954. The zero-order chi connectivity index (χ0) is 17.4. The van der Waals surface area contributed by atoms with Gasteiger partial charge in [-0.05, 0) is 31.2 Å². The summed E-state index contributed by atoms with van der Waals surface area (Å²) in [5.74, 6) is 1.25. The van der Waals surface area contributed by atoms with Gasteiger partial charge in [-0.1, -0.05) is 23.9 Å². The number of amides is 1. The number of fused-ring (bicyclic) bond motifs is 2. The van der Waals surface area contributed by atoms with Crippen molar-refractivity contribution in [3.8, 4) is 11.5 Å². The Morgan fingerprint density at radius 2 is 2.04 bits per heavy atom. The number of aryl methyl sites for hydroxylation is 1. The molecule has 0 bridgehead atoms.